The molecule has 2 amide bonds. The molecule has 98 valence electrons. The fraction of sp³-hybridized carbons (Fsp3) is 0.0714. The summed E-state index contributed by atoms with van der Waals surface area (Å²) in [7, 11) is 0. The molecule has 0 bridgehead atoms. The number of nitrogens with one attached hydrogen (secondary N) is 2. The summed E-state index contributed by atoms with van der Waals surface area (Å²) in [5.74, 6) is 0.109. The van der Waals surface area contributed by atoms with Gasteiger partial charge in [0.1, 0.15) is 5.75 Å². The number of phenols is 1. The molecule has 2 aromatic carbocycles. The number of aryl methyl sites for hydroxylation is 1. The predicted molar refractivity (Wildman–Crippen MR) is 79.6 cm³/mol. The molecule has 0 fully saturated rings. The zero-order valence-electron chi connectivity index (χ0n) is 10.3. The number of anilines is 2. The number of halogens is 1. The van der Waals surface area contributed by atoms with Gasteiger partial charge in [-0.15, -0.1) is 0 Å². The van der Waals surface area contributed by atoms with Gasteiger partial charge < -0.3 is 15.7 Å². The van der Waals surface area contributed by atoms with Crippen molar-refractivity contribution < 1.29 is 9.90 Å². The van der Waals surface area contributed by atoms with Crippen molar-refractivity contribution in [3.8, 4) is 5.75 Å². The third-order valence-electron chi connectivity index (χ3n) is 2.54. The van der Waals surface area contributed by atoms with Gasteiger partial charge in [0.2, 0.25) is 0 Å². The zero-order chi connectivity index (χ0) is 13.8. The smallest absolute Gasteiger partial charge is 0.323 e. The maximum Gasteiger partial charge on any atom is 0.323 e. The number of urea groups is 1. The van der Waals surface area contributed by atoms with E-state index in [1.54, 1.807) is 18.2 Å². The van der Waals surface area contributed by atoms with E-state index in [0.29, 0.717) is 5.69 Å². The van der Waals surface area contributed by atoms with Gasteiger partial charge in [-0.1, -0.05) is 22.0 Å². The highest BCUT2D eigenvalue weighted by atomic mass is 79.9. The number of hydrogen-bond acceptors (Lipinski definition) is 2. The first-order chi connectivity index (χ1) is 9.04. The lowest BCUT2D eigenvalue weighted by molar-refractivity contribution is 0.262. The number of hydrogen-bond donors (Lipinski definition) is 3. The van der Waals surface area contributed by atoms with E-state index in [2.05, 4.69) is 26.6 Å². The van der Waals surface area contributed by atoms with Gasteiger partial charge in [0.15, 0.2) is 0 Å². The van der Waals surface area contributed by atoms with Crippen molar-refractivity contribution >= 4 is 33.3 Å². The molecule has 0 unspecified atom stereocenters. The van der Waals surface area contributed by atoms with Crippen LogP contribution in [0.2, 0.25) is 0 Å². The van der Waals surface area contributed by atoms with Crippen LogP contribution in [0.4, 0.5) is 16.2 Å². The predicted octanol–water partition coefficient (Wildman–Crippen LogP) is 4.11. The van der Waals surface area contributed by atoms with E-state index in [1.807, 2.05) is 25.1 Å². The quantitative estimate of drug-likeness (QED) is 0.779. The van der Waals surface area contributed by atoms with Crippen molar-refractivity contribution in [3.05, 3.63) is 52.5 Å². The van der Waals surface area contributed by atoms with Gasteiger partial charge in [0.05, 0.1) is 0 Å². The van der Waals surface area contributed by atoms with Crippen molar-refractivity contribution in [1.29, 1.82) is 0 Å². The van der Waals surface area contributed by atoms with Gasteiger partial charge >= 0.3 is 6.03 Å². The summed E-state index contributed by atoms with van der Waals surface area (Å²) in [4.78, 5) is 11.8. The zero-order valence-corrected chi connectivity index (χ0v) is 11.9. The number of rotatable bonds is 2. The van der Waals surface area contributed by atoms with E-state index in [9.17, 15) is 9.90 Å². The van der Waals surface area contributed by atoms with Crippen LogP contribution in [0.1, 0.15) is 5.56 Å². The van der Waals surface area contributed by atoms with Gasteiger partial charge in [-0.25, -0.2) is 4.79 Å². The highest BCUT2D eigenvalue weighted by Gasteiger charge is 2.05. The molecule has 0 saturated carbocycles. The van der Waals surface area contributed by atoms with Gasteiger partial charge in [-0.3, -0.25) is 0 Å². The van der Waals surface area contributed by atoms with Crippen LogP contribution < -0.4 is 10.6 Å². The average molecular weight is 321 g/mol. The van der Waals surface area contributed by atoms with Crippen LogP contribution in [0.15, 0.2) is 46.9 Å². The molecule has 0 spiro atoms. The summed E-state index contributed by atoms with van der Waals surface area (Å²) in [5, 5.41) is 14.7. The van der Waals surface area contributed by atoms with Crippen molar-refractivity contribution in [2.24, 2.45) is 0 Å². The van der Waals surface area contributed by atoms with Crippen LogP contribution in [0, 0.1) is 6.92 Å². The summed E-state index contributed by atoms with van der Waals surface area (Å²) in [6, 6.07) is 11.6. The summed E-state index contributed by atoms with van der Waals surface area (Å²) >= 11 is 3.37. The molecule has 0 heterocycles. The Balaban J connectivity index is 2.05. The molecule has 4 nitrogen and oxygen atoms in total. The second-order valence-corrected chi connectivity index (χ2v) is 5.00. The second kappa shape index (κ2) is 5.75. The van der Waals surface area contributed by atoms with Crippen molar-refractivity contribution in [1.82, 2.24) is 0 Å². The number of carbonyl (C=O) groups excluding carboxylic acids is 1. The number of phenolic OH excluding ortho intramolecular Hbond substituents is 1. The topological polar surface area (TPSA) is 61.4 Å². The molecular weight excluding hydrogens is 308 g/mol. The Morgan fingerprint density at radius 2 is 1.95 bits per heavy atom. The monoisotopic (exact) mass is 320 g/mol. The molecule has 0 aliphatic heterocycles. The highest BCUT2D eigenvalue weighted by Crippen LogP contribution is 2.20. The largest absolute Gasteiger partial charge is 0.508 e. The normalized spacial score (nSPS) is 10.0. The minimum absolute atomic E-state index is 0.109. The van der Waals surface area contributed by atoms with E-state index >= 15 is 0 Å². The van der Waals surface area contributed by atoms with E-state index in [1.165, 1.54) is 6.07 Å². The molecule has 0 radical (unpaired) electrons. The van der Waals surface area contributed by atoms with E-state index < -0.39 is 0 Å². The fourth-order valence-corrected chi connectivity index (χ4v) is 2.11. The van der Waals surface area contributed by atoms with Gasteiger partial charge in [-0.2, -0.15) is 0 Å². The molecular formula is C14H13BrN2O2. The number of benzene rings is 2. The summed E-state index contributed by atoms with van der Waals surface area (Å²) < 4.78 is 0.962. The van der Waals surface area contributed by atoms with E-state index in [0.717, 1.165) is 15.7 Å². The summed E-state index contributed by atoms with van der Waals surface area (Å²) in [6.45, 7) is 1.91. The Labute approximate surface area is 119 Å². The lowest BCUT2D eigenvalue weighted by atomic mass is 10.2. The van der Waals surface area contributed by atoms with Crippen LogP contribution >= 0.6 is 15.9 Å². The Bertz CT molecular complexity index is 614. The summed E-state index contributed by atoms with van der Waals surface area (Å²) in [5.41, 5.74) is 2.23. The molecule has 5 heteroatoms. The van der Waals surface area contributed by atoms with Gasteiger partial charge in [0.25, 0.3) is 0 Å². The Morgan fingerprint density at radius 1 is 1.16 bits per heavy atom. The molecule has 19 heavy (non-hydrogen) atoms. The first kappa shape index (κ1) is 13.4. The van der Waals surface area contributed by atoms with Crippen LogP contribution in [-0.4, -0.2) is 11.1 Å². The third-order valence-corrected chi connectivity index (χ3v) is 3.03. The molecule has 0 atom stereocenters. The van der Waals surface area contributed by atoms with Gasteiger partial charge in [-0.05, 0) is 42.8 Å². The molecule has 0 saturated heterocycles. The molecule has 2 aromatic rings. The molecule has 2 rings (SSSR count). The molecule has 0 aliphatic carbocycles. The molecule has 0 aromatic heterocycles. The van der Waals surface area contributed by atoms with Crippen molar-refractivity contribution in [2.45, 2.75) is 6.92 Å². The van der Waals surface area contributed by atoms with E-state index in [-0.39, 0.29) is 11.8 Å². The fourth-order valence-electron chi connectivity index (χ4n) is 1.64. The third kappa shape index (κ3) is 3.72. The van der Waals surface area contributed by atoms with Crippen LogP contribution in [-0.2, 0) is 0 Å². The van der Waals surface area contributed by atoms with Crippen LogP contribution in [0.3, 0.4) is 0 Å². The molecule has 0 aliphatic rings. The minimum atomic E-state index is -0.351. The lowest BCUT2D eigenvalue weighted by Crippen LogP contribution is -2.19. The standard InChI is InChI=1S/C14H13BrN2O2/c1-9-7-10(15)5-6-13(9)17-14(19)16-11-3-2-4-12(18)8-11/h2-8,18H,1H3,(H2,16,17,19). The SMILES string of the molecule is Cc1cc(Br)ccc1NC(=O)Nc1cccc(O)c1. The van der Waals surface area contributed by atoms with Gasteiger partial charge in [0, 0.05) is 21.9 Å². The van der Waals surface area contributed by atoms with Crippen LogP contribution in [0.5, 0.6) is 5.75 Å². The Hall–Kier alpha value is -2.01. The Kier molecular flexibility index (Phi) is 4.06. The average Bonchev–Trinajstić information content (AvgIpc) is 2.33. The number of carbonyl (C=O) groups is 1. The molecule has 3 N–H and O–H groups in total. The highest BCUT2D eigenvalue weighted by molar-refractivity contribution is 9.10. The van der Waals surface area contributed by atoms with E-state index in [4.69, 9.17) is 0 Å². The maximum atomic E-state index is 11.8. The second-order valence-electron chi connectivity index (χ2n) is 4.09. The first-order valence-corrected chi connectivity index (χ1v) is 6.47. The van der Waals surface area contributed by atoms with Crippen molar-refractivity contribution in [3.63, 3.8) is 0 Å². The lowest BCUT2D eigenvalue weighted by Gasteiger charge is -2.10. The van der Waals surface area contributed by atoms with Crippen LogP contribution in [0.25, 0.3) is 0 Å². The number of amides is 2. The maximum absolute atomic E-state index is 11.8. The van der Waals surface area contributed by atoms with Crippen molar-refractivity contribution in [2.75, 3.05) is 10.6 Å². The minimum Gasteiger partial charge on any atom is -0.508 e. The summed E-state index contributed by atoms with van der Waals surface area (Å²) in [6.07, 6.45) is 0. The first-order valence-electron chi connectivity index (χ1n) is 5.68. The Morgan fingerprint density at radius 3 is 2.63 bits per heavy atom. The number of aromatic hydroxyl groups is 1.